The zero-order valence-corrected chi connectivity index (χ0v) is 12.8. The molecule has 0 saturated heterocycles. The first-order chi connectivity index (χ1) is 9.38. The van der Waals surface area contributed by atoms with Gasteiger partial charge >= 0.3 is 0 Å². The maximum Gasteiger partial charge on any atom is 0.251 e. The summed E-state index contributed by atoms with van der Waals surface area (Å²) in [7, 11) is -3.23. The van der Waals surface area contributed by atoms with Crippen LogP contribution in [0.2, 0.25) is 0 Å². The van der Waals surface area contributed by atoms with Gasteiger partial charge in [-0.05, 0) is 42.6 Å². The average molecular weight is 309 g/mol. The van der Waals surface area contributed by atoms with Crippen LogP contribution in [0.4, 0.5) is 0 Å². The van der Waals surface area contributed by atoms with Gasteiger partial charge in [0.25, 0.3) is 5.91 Å². The number of amides is 1. The van der Waals surface area contributed by atoms with Crippen molar-refractivity contribution in [3.63, 3.8) is 0 Å². The normalized spacial score (nSPS) is 12.9. The molecule has 1 aromatic heterocycles. The molecule has 1 heterocycles. The first kappa shape index (κ1) is 14.7. The van der Waals surface area contributed by atoms with Crippen LogP contribution in [0.5, 0.6) is 0 Å². The van der Waals surface area contributed by atoms with E-state index < -0.39 is 9.84 Å². The summed E-state index contributed by atoms with van der Waals surface area (Å²) in [5.41, 5.74) is 0.445. The third-order valence-electron chi connectivity index (χ3n) is 2.86. The highest BCUT2D eigenvalue weighted by Gasteiger charge is 2.13. The summed E-state index contributed by atoms with van der Waals surface area (Å²) in [4.78, 5) is 13.3. The Kier molecular flexibility index (Phi) is 4.25. The molecule has 2 aromatic rings. The molecule has 1 amide bonds. The van der Waals surface area contributed by atoms with Gasteiger partial charge in [-0.1, -0.05) is 6.07 Å². The second-order valence-corrected chi connectivity index (χ2v) is 7.50. The number of benzene rings is 1. The highest BCUT2D eigenvalue weighted by molar-refractivity contribution is 7.90. The van der Waals surface area contributed by atoms with E-state index in [-0.39, 0.29) is 16.8 Å². The topological polar surface area (TPSA) is 63.2 Å². The van der Waals surface area contributed by atoms with Crippen molar-refractivity contribution in [3.05, 3.63) is 52.2 Å². The van der Waals surface area contributed by atoms with Crippen LogP contribution in [0.3, 0.4) is 0 Å². The smallest absolute Gasteiger partial charge is 0.251 e. The fourth-order valence-corrected chi connectivity index (χ4v) is 3.11. The minimum absolute atomic E-state index is 0.0721. The molecule has 2 rings (SSSR count). The van der Waals surface area contributed by atoms with Gasteiger partial charge in [0.05, 0.1) is 10.9 Å². The lowest BCUT2D eigenvalue weighted by Crippen LogP contribution is -2.26. The summed E-state index contributed by atoms with van der Waals surface area (Å²) < 4.78 is 22.7. The Morgan fingerprint density at radius 2 is 1.85 bits per heavy atom. The SMILES string of the molecule is CC(NC(=O)c1ccc(S(C)(=O)=O)cc1)c1cccs1. The molecule has 1 unspecified atom stereocenters. The highest BCUT2D eigenvalue weighted by atomic mass is 32.2. The molecule has 0 aliphatic carbocycles. The Balaban J connectivity index is 2.10. The average Bonchev–Trinajstić information content (AvgIpc) is 2.91. The molecule has 0 aliphatic heterocycles. The maximum atomic E-state index is 12.1. The second-order valence-electron chi connectivity index (χ2n) is 4.51. The molecule has 20 heavy (non-hydrogen) atoms. The van der Waals surface area contributed by atoms with E-state index in [4.69, 9.17) is 0 Å². The number of sulfone groups is 1. The first-order valence-electron chi connectivity index (χ1n) is 6.02. The van der Waals surface area contributed by atoms with E-state index in [1.807, 2.05) is 24.4 Å². The summed E-state index contributed by atoms with van der Waals surface area (Å²) in [5, 5.41) is 4.84. The maximum absolute atomic E-state index is 12.1. The van der Waals surface area contributed by atoms with Gasteiger partial charge in [-0.25, -0.2) is 8.42 Å². The molecule has 0 radical (unpaired) electrons. The van der Waals surface area contributed by atoms with Crippen LogP contribution in [0.1, 0.15) is 28.2 Å². The zero-order valence-electron chi connectivity index (χ0n) is 11.2. The predicted octanol–water partition coefficient (Wildman–Crippen LogP) is 2.64. The van der Waals surface area contributed by atoms with E-state index in [0.29, 0.717) is 5.56 Å². The van der Waals surface area contributed by atoms with Crippen molar-refractivity contribution in [3.8, 4) is 0 Å². The van der Waals surface area contributed by atoms with Gasteiger partial charge in [0.15, 0.2) is 9.84 Å². The molecule has 1 atom stereocenters. The minimum Gasteiger partial charge on any atom is -0.345 e. The van der Waals surface area contributed by atoms with E-state index in [0.717, 1.165) is 11.1 Å². The Hall–Kier alpha value is -1.66. The van der Waals surface area contributed by atoms with Gasteiger partial charge in [-0.2, -0.15) is 0 Å². The number of rotatable bonds is 4. The largest absolute Gasteiger partial charge is 0.345 e. The molecule has 0 spiro atoms. The third kappa shape index (κ3) is 3.46. The molecular weight excluding hydrogens is 294 g/mol. The summed E-state index contributed by atoms with van der Waals surface area (Å²) in [6.45, 7) is 1.91. The lowest BCUT2D eigenvalue weighted by Gasteiger charge is -2.12. The van der Waals surface area contributed by atoms with Crippen molar-refractivity contribution in [2.45, 2.75) is 17.9 Å². The Morgan fingerprint density at radius 3 is 2.35 bits per heavy atom. The van der Waals surface area contributed by atoms with Crippen molar-refractivity contribution >= 4 is 27.1 Å². The number of thiophene rings is 1. The molecule has 0 fully saturated rings. The molecule has 1 N–H and O–H groups in total. The lowest BCUT2D eigenvalue weighted by molar-refractivity contribution is 0.0940. The number of nitrogens with one attached hydrogen (secondary N) is 1. The number of carbonyl (C=O) groups excluding carboxylic acids is 1. The quantitative estimate of drug-likeness (QED) is 0.944. The van der Waals surface area contributed by atoms with E-state index >= 15 is 0 Å². The summed E-state index contributed by atoms with van der Waals surface area (Å²) >= 11 is 1.58. The summed E-state index contributed by atoms with van der Waals surface area (Å²) in [6, 6.07) is 9.75. The molecule has 6 heteroatoms. The molecule has 106 valence electrons. The number of hydrogen-bond acceptors (Lipinski definition) is 4. The summed E-state index contributed by atoms with van der Waals surface area (Å²) in [5.74, 6) is -0.217. The van der Waals surface area contributed by atoms with Crippen molar-refractivity contribution in [2.75, 3.05) is 6.26 Å². The third-order valence-corrected chi connectivity index (χ3v) is 5.05. The van der Waals surface area contributed by atoms with Gasteiger partial charge in [0, 0.05) is 16.7 Å². The van der Waals surface area contributed by atoms with E-state index in [1.165, 1.54) is 24.3 Å². The Labute approximate surface area is 122 Å². The van der Waals surface area contributed by atoms with Crippen LogP contribution in [0.25, 0.3) is 0 Å². The highest BCUT2D eigenvalue weighted by Crippen LogP contribution is 2.19. The number of carbonyl (C=O) groups is 1. The molecule has 1 aromatic carbocycles. The van der Waals surface area contributed by atoms with Gasteiger partial charge in [-0.3, -0.25) is 4.79 Å². The fourth-order valence-electron chi connectivity index (χ4n) is 1.74. The van der Waals surface area contributed by atoms with Crippen LogP contribution >= 0.6 is 11.3 Å². The molecule has 0 saturated carbocycles. The minimum atomic E-state index is -3.23. The summed E-state index contributed by atoms with van der Waals surface area (Å²) in [6.07, 6.45) is 1.14. The lowest BCUT2D eigenvalue weighted by atomic mass is 10.2. The van der Waals surface area contributed by atoms with Crippen molar-refractivity contribution in [1.29, 1.82) is 0 Å². The zero-order chi connectivity index (χ0) is 14.8. The van der Waals surface area contributed by atoms with Crippen molar-refractivity contribution in [2.24, 2.45) is 0 Å². The number of hydrogen-bond donors (Lipinski definition) is 1. The van der Waals surface area contributed by atoms with Crippen LogP contribution < -0.4 is 5.32 Å². The molecule has 0 aliphatic rings. The second kappa shape index (κ2) is 5.76. The van der Waals surface area contributed by atoms with Gasteiger partial charge in [0.2, 0.25) is 0 Å². The van der Waals surface area contributed by atoms with Gasteiger partial charge in [-0.15, -0.1) is 11.3 Å². The van der Waals surface area contributed by atoms with Crippen LogP contribution in [0, 0.1) is 0 Å². The van der Waals surface area contributed by atoms with Crippen molar-refractivity contribution in [1.82, 2.24) is 5.32 Å². The Morgan fingerprint density at radius 1 is 1.20 bits per heavy atom. The van der Waals surface area contributed by atoms with E-state index in [2.05, 4.69) is 5.32 Å². The van der Waals surface area contributed by atoms with Gasteiger partial charge < -0.3 is 5.32 Å². The van der Waals surface area contributed by atoms with Crippen LogP contribution in [-0.4, -0.2) is 20.6 Å². The fraction of sp³-hybridized carbons (Fsp3) is 0.214. The first-order valence-corrected chi connectivity index (χ1v) is 8.79. The molecule has 4 nitrogen and oxygen atoms in total. The standard InChI is InChI=1S/C14H15NO3S2/c1-10(13-4-3-9-19-13)15-14(16)11-5-7-12(8-6-11)20(2,17)18/h3-10H,1-2H3,(H,15,16). The van der Waals surface area contributed by atoms with Crippen LogP contribution in [0.15, 0.2) is 46.7 Å². The van der Waals surface area contributed by atoms with Crippen LogP contribution in [-0.2, 0) is 9.84 Å². The van der Waals surface area contributed by atoms with E-state index in [9.17, 15) is 13.2 Å². The van der Waals surface area contributed by atoms with E-state index in [1.54, 1.807) is 11.3 Å². The van der Waals surface area contributed by atoms with Gasteiger partial charge in [0.1, 0.15) is 0 Å². The molecule has 0 bridgehead atoms. The predicted molar refractivity (Wildman–Crippen MR) is 79.8 cm³/mol. The van der Waals surface area contributed by atoms with Crippen molar-refractivity contribution < 1.29 is 13.2 Å². The molecular formula is C14H15NO3S2. The Bertz CT molecular complexity index is 689. The monoisotopic (exact) mass is 309 g/mol.